The van der Waals surface area contributed by atoms with E-state index in [4.69, 9.17) is 25.9 Å². The molecule has 0 aliphatic carbocycles. The maximum atomic E-state index is 11.2. The van der Waals surface area contributed by atoms with Gasteiger partial charge in [-0.1, -0.05) is 17.7 Å². The summed E-state index contributed by atoms with van der Waals surface area (Å²) in [4.78, 5) is 15.5. The summed E-state index contributed by atoms with van der Waals surface area (Å²) >= 11 is 5.92. The molecule has 0 aliphatic rings. The predicted octanol–water partition coefficient (Wildman–Crippen LogP) is 3.86. The van der Waals surface area contributed by atoms with Gasteiger partial charge in [-0.05, 0) is 30.3 Å². The second-order valence-corrected chi connectivity index (χ2v) is 4.76. The Morgan fingerprint density at radius 1 is 1.33 bits per heavy atom. The highest BCUT2D eigenvalue weighted by Gasteiger charge is 2.17. The number of halogens is 1. The lowest BCUT2D eigenvalue weighted by Crippen LogP contribution is -1.95. The number of ether oxygens (including phenoxy) is 1. The van der Waals surface area contributed by atoms with E-state index >= 15 is 0 Å². The molecule has 0 unspecified atom stereocenters. The molecule has 0 spiro atoms. The molecule has 0 atom stereocenters. The van der Waals surface area contributed by atoms with Gasteiger partial charge >= 0.3 is 5.97 Å². The number of nitrogens with zero attached hydrogens (tertiary/aromatic N) is 1. The molecule has 1 N–H and O–H groups in total. The number of methoxy groups -OCH3 is 1. The van der Waals surface area contributed by atoms with Crippen molar-refractivity contribution in [2.45, 2.75) is 0 Å². The van der Waals surface area contributed by atoms with Gasteiger partial charge in [-0.25, -0.2) is 9.78 Å². The minimum atomic E-state index is -1.06. The van der Waals surface area contributed by atoms with Crippen LogP contribution in [-0.2, 0) is 0 Å². The molecule has 106 valence electrons. The molecule has 0 fully saturated rings. The average molecular weight is 304 g/mol. The highest BCUT2D eigenvalue weighted by atomic mass is 35.5. The van der Waals surface area contributed by atoms with Gasteiger partial charge in [0.05, 0.1) is 12.7 Å². The minimum Gasteiger partial charge on any atom is -0.496 e. The second kappa shape index (κ2) is 5.10. The summed E-state index contributed by atoms with van der Waals surface area (Å²) in [5.41, 5.74) is 1.38. The molecule has 0 radical (unpaired) electrons. The monoisotopic (exact) mass is 303 g/mol. The highest BCUT2D eigenvalue weighted by molar-refractivity contribution is 6.30. The van der Waals surface area contributed by atoms with Crippen molar-refractivity contribution in [2.24, 2.45) is 0 Å². The summed E-state index contributed by atoms with van der Waals surface area (Å²) in [6.07, 6.45) is 0. The highest BCUT2D eigenvalue weighted by Crippen LogP contribution is 2.34. The van der Waals surface area contributed by atoms with Gasteiger partial charge in [0.15, 0.2) is 5.58 Å². The Bertz CT molecular complexity index is 841. The number of benzene rings is 2. The summed E-state index contributed by atoms with van der Waals surface area (Å²) in [6.45, 7) is 0. The molecule has 5 nitrogen and oxygen atoms in total. The summed E-state index contributed by atoms with van der Waals surface area (Å²) in [5.74, 6) is -0.274. The van der Waals surface area contributed by atoms with Gasteiger partial charge in [0.2, 0.25) is 5.89 Å². The van der Waals surface area contributed by atoms with Crippen LogP contribution in [0.5, 0.6) is 5.75 Å². The number of aromatic nitrogens is 1. The number of para-hydroxylation sites is 1. The van der Waals surface area contributed by atoms with E-state index in [9.17, 15) is 4.79 Å². The van der Waals surface area contributed by atoms with Crippen LogP contribution < -0.4 is 4.74 Å². The van der Waals surface area contributed by atoms with Crippen LogP contribution in [0.4, 0.5) is 0 Å². The number of carboxylic acids is 1. The van der Waals surface area contributed by atoms with Crippen molar-refractivity contribution < 1.29 is 19.1 Å². The predicted molar refractivity (Wildman–Crippen MR) is 78.0 cm³/mol. The van der Waals surface area contributed by atoms with Gasteiger partial charge < -0.3 is 14.3 Å². The molecule has 3 rings (SSSR count). The van der Waals surface area contributed by atoms with Crippen molar-refractivity contribution in [3.63, 3.8) is 0 Å². The molecule has 2 aromatic carbocycles. The van der Waals surface area contributed by atoms with Gasteiger partial charge in [0, 0.05) is 5.02 Å². The van der Waals surface area contributed by atoms with E-state index in [1.165, 1.54) is 13.2 Å². The number of rotatable bonds is 3. The fraction of sp³-hybridized carbons (Fsp3) is 0.0667. The SMILES string of the molecule is COc1cc(Cl)ccc1-c1nc2cccc(C(=O)O)c2o1. The molecule has 6 heteroatoms. The number of hydrogen-bond acceptors (Lipinski definition) is 4. The van der Waals surface area contributed by atoms with Crippen molar-refractivity contribution in [3.05, 3.63) is 47.0 Å². The maximum absolute atomic E-state index is 11.2. The first-order valence-electron chi connectivity index (χ1n) is 6.07. The fourth-order valence-corrected chi connectivity index (χ4v) is 2.24. The van der Waals surface area contributed by atoms with E-state index in [0.717, 1.165) is 0 Å². The summed E-state index contributed by atoms with van der Waals surface area (Å²) < 4.78 is 10.9. The number of oxazole rings is 1. The van der Waals surface area contributed by atoms with E-state index in [-0.39, 0.29) is 17.0 Å². The second-order valence-electron chi connectivity index (χ2n) is 4.32. The van der Waals surface area contributed by atoms with Gasteiger partial charge in [-0.2, -0.15) is 0 Å². The van der Waals surface area contributed by atoms with Crippen LogP contribution >= 0.6 is 11.6 Å². The molecule has 0 saturated heterocycles. The largest absolute Gasteiger partial charge is 0.496 e. The molecule has 0 bridgehead atoms. The van der Waals surface area contributed by atoms with E-state index < -0.39 is 5.97 Å². The lowest BCUT2D eigenvalue weighted by atomic mass is 10.2. The van der Waals surface area contributed by atoms with Crippen LogP contribution in [-0.4, -0.2) is 23.2 Å². The molecule has 0 amide bonds. The molecular weight excluding hydrogens is 294 g/mol. The molecular formula is C15H10ClNO4. The number of carbonyl (C=O) groups is 1. The zero-order valence-electron chi connectivity index (χ0n) is 11.0. The molecule has 1 aromatic heterocycles. The smallest absolute Gasteiger partial charge is 0.339 e. The quantitative estimate of drug-likeness (QED) is 0.795. The van der Waals surface area contributed by atoms with Crippen LogP contribution in [0.25, 0.3) is 22.6 Å². The van der Waals surface area contributed by atoms with Crippen LogP contribution in [0.15, 0.2) is 40.8 Å². The third-order valence-corrected chi connectivity index (χ3v) is 3.27. The van der Waals surface area contributed by atoms with E-state index in [0.29, 0.717) is 21.9 Å². The number of carboxylic acid groups (broad SMARTS) is 1. The first kappa shape index (κ1) is 13.5. The summed E-state index contributed by atoms with van der Waals surface area (Å²) in [6, 6.07) is 9.83. The van der Waals surface area contributed by atoms with Crippen molar-refractivity contribution >= 4 is 28.7 Å². The normalized spacial score (nSPS) is 10.8. The van der Waals surface area contributed by atoms with Crippen molar-refractivity contribution in [3.8, 4) is 17.2 Å². The van der Waals surface area contributed by atoms with Gasteiger partial charge in [0.1, 0.15) is 16.8 Å². The third kappa shape index (κ3) is 2.32. The van der Waals surface area contributed by atoms with Crippen LogP contribution in [0, 0.1) is 0 Å². The molecule has 3 aromatic rings. The average Bonchev–Trinajstić information content (AvgIpc) is 2.90. The van der Waals surface area contributed by atoms with Gasteiger partial charge in [-0.15, -0.1) is 0 Å². The Morgan fingerprint density at radius 2 is 2.14 bits per heavy atom. The Balaban J connectivity index is 2.22. The van der Waals surface area contributed by atoms with E-state index in [2.05, 4.69) is 4.98 Å². The van der Waals surface area contributed by atoms with Gasteiger partial charge in [-0.3, -0.25) is 0 Å². The Hall–Kier alpha value is -2.53. The van der Waals surface area contributed by atoms with E-state index in [1.54, 1.807) is 30.3 Å². The molecule has 0 saturated carbocycles. The van der Waals surface area contributed by atoms with Crippen LogP contribution in [0.3, 0.4) is 0 Å². The third-order valence-electron chi connectivity index (χ3n) is 3.04. The standard InChI is InChI=1S/C15H10ClNO4/c1-20-12-7-8(16)5-6-9(12)14-17-11-4-2-3-10(15(18)19)13(11)21-14/h2-7H,1H3,(H,18,19). The number of fused-ring (bicyclic) bond motifs is 1. The maximum Gasteiger partial charge on any atom is 0.339 e. The molecule has 0 aliphatic heterocycles. The van der Waals surface area contributed by atoms with Crippen LogP contribution in [0.1, 0.15) is 10.4 Å². The molecule has 21 heavy (non-hydrogen) atoms. The Kier molecular flexibility index (Phi) is 3.27. The zero-order valence-corrected chi connectivity index (χ0v) is 11.7. The molecule has 1 heterocycles. The minimum absolute atomic E-state index is 0.0687. The lowest BCUT2D eigenvalue weighted by Gasteiger charge is -2.05. The number of hydrogen-bond donors (Lipinski definition) is 1. The summed E-state index contributed by atoms with van der Waals surface area (Å²) in [7, 11) is 1.51. The van der Waals surface area contributed by atoms with Gasteiger partial charge in [0.25, 0.3) is 0 Å². The first-order chi connectivity index (χ1) is 10.1. The first-order valence-corrected chi connectivity index (χ1v) is 6.44. The van der Waals surface area contributed by atoms with Crippen molar-refractivity contribution in [2.75, 3.05) is 7.11 Å². The zero-order chi connectivity index (χ0) is 15.0. The van der Waals surface area contributed by atoms with Crippen LogP contribution in [0.2, 0.25) is 5.02 Å². The van der Waals surface area contributed by atoms with Crippen molar-refractivity contribution in [1.82, 2.24) is 4.98 Å². The topological polar surface area (TPSA) is 72.6 Å². The number of aromatic carboxylic acids is 1. The van der Waals surface area contributed by atoms with E-state index in [1.807, 2.05) is 0 Å². The Morgan fingerprint density at radius 3 is 2.86 bits per heavy atom. The summed E-state index contributed by atoms with van der Waals surface area (Å²) in [5, 5.41) is 9.70. The fourth-order valence-electron chi connectivity index (χ4n) is 2.07. The van der Waals surface area contributed by atoms with Crippen molar-refractivity contribution in [1.29, 1.82) is 0 Å². The lowest BCUT2D eigenvalue weighted by molar-refractivity contribution is 0.0698. The Labute approximate surface area is 124 Å².